The Morgan fingerprint density at radius 1 is 1.37 bits per heavy atom. The van der Waals surface area contributed by atoms with Crippen LogP contribution < -0.4 is 5.32 Å². The van der Waals surface area contributed by atoms with Crippen molar-refractivity contribution in [1.82, 2.24) is 10.3 Å². The molecule has 19 heavy (non-hydrogen) atoms. The number of carbonyl (C=O) groups is 1. The molecule has 1 N–H and O–H groups in total. The highest BCUT2D eigenvalue weighted by atomic mass is 32.2. The van der Waals surface area contributed by atoms with E-state index in [1.807, 2.05) is 19.9 Å². The summed E-state index contributed by atoms with van der Waals surface area (Å²) in [5, 5.41) is 9.99. The number of rotatable bonds is 5. The second-order valence-electron chi connectivity index (χ2n) is 4.20. The fraction of sp³-hybridized carbons (Fsp3) is 0.417. The second kappa shape index (κ2) is 5.92. The van der Waals surface area contributed by atoms with Gasteiger partial charge in [0.15, 0.2) is 5.82 Å². The average Bonchev–Trinajstić information content (AvgIpc) is 2.95. The summed E-state index contributed by atoms with van der Waals surface area (Å²) >= 11 is 1.47. The maximum absolute atomic E-state index is 11.9. The Labute approximate surface area is 114 Å². The fourth-order valence-corrected chi connectivity index (χ4v) is 2.18. The van der Waals surface area contributed by atoms with E-state index >= 15 is 0 Å². The molecule has 2 aromatic heterocycles. The minimum atomic E-state index is -0.220. The first-order valence-electron chi connectivity index (χ1n) is 5.82. The number of nitrogens with one attached hydrogen (secondary N) is 1. The molecule has 0 radical (unpaired) electrons. The molecule has 0 fully saturated rings. The molecule has 0 saturated carbocycles. The number of anilines is 1. The third-order valence-corrected chi connectivity index (χ3v) is 3.57. The maximum Gasteiger partial charge on any atom is 0.238 e. The largest absolute Gasteiger partial charge is 0.360 e. The van der Waals surface area contributed by atoms with E-state index in [-0.39, 0.29) is 11.2 Å². The minimum absolute atomic E-state index is 0.116. The summed E-state index contributed by atoms with van der Waals surface area (Å²) in [6.07, 6.45) is 0. The van der Waals surface area contributed by atoms with E-state index in [2.05, 4.69) is 15.6 Å². The fourth-order valence-electron chi connectivity index (χ4n) is 1.42. The molecule has 0 aliphatic rings. The predicted molar refractivity (Wildman–Crippen MR) is 71.9 cm³/mol. The highest BCUT2D eigenvalue weighted by Gasteiger charge is 2.16. The Balaban J connectivity index is 1.82. The lowest BCUT2D eigenvalue weighted by Crippen LogP contribution is -2.22. The van der Waals surface area contributed by atoms with Crippen molar-refractivity contribution in [3.05, 3.63) is 29.3 Å². The Morgan fingerprint density at radius 3 is 2.74 bits per heavy atom. The van der Waals surface area contributed by atoms with E-state index in [9.17, 15) is 4.79 Å². The number of hydrogen-bond acceptors (Lipinski definition) is 6. The molecule has 0 aliphatic carbocycles. The van der Waals surface area contributed by atoms with Crippen molar-refractivity contribution in [2.75, 3.05) is 5.32 Å². The van der Waals surface area contributed by atoms with Crippen molar-refractivity contribution in [3.63, 3.8) is 0 Å². The van der Waals surface area contributed by atoms with Gasteiger partial charge in [-0.15, -0.1) is 11.8 Å². The Kier molecular flexibility index (Phi) is 4.26. The van der Waals surface area contributed by atoms with Crippen LogP contribution in [0.25, 0.3) is 0 Å². The maximum atomic E-state index is 11.9. The Hall–Kier alpha value is -1.76. The van der Waals surface area contributed by atoms with E-state index in [0.717, 1.165) is 11.5 Å². The molecule has 0 saturated heterocycles. The van der Waals surface area contributed by atoms with Gasteiger partial charge in [-0.3, -0.25) is 4.79 Å². The van der Waals surface area contributed by atoms with Crippen LogP contribution >= 0.6 is 11.8 Å². The van der Waals surface area contributed by atoms with E-state index in [1.54, 1.807) is 13.0 Å². The topological polar surface area (TPSA) is 81.2 Å². The van der Waals surface area contributed by atoms with Crippen LogP contribution in [0, 0.1) is 13.8 Å². The molecule has 2 heterocycles. The molecule has 0 spiro atoms. The lowest BCUT2D eigenvalue weighted by Gasteiger charge is -2.08. The van der Waals surface area contributed by atoms with E-state index < -0.39 is 0 Å². The molecule has 7 heteroatoms. The molecule has 2 rings (SSSR count). The van der Waals surface area contributed by atoms with Crippen LogP contribution in [0.1, 0.15) is 24.1 Å². The molecule has 1 amide bonds. The summed E-state index contributed by atoms with van der Waals surface area (Å²) in [5.74, 6) is 2.35. The normalized spacial score (nSPS) is 12.4. The number of carbonyl (C=O) groups excluding carboxylic acids is 1. The molecule has 102 valence electrons. The van der Waals surface area contributed by atoms with Gasteiger partial charge in [0.05, 0.1) is 16.7 Å². The van der Waals surface area contributed by atoms with Crippen LogP contribution in [0.3, 0.4) is 0 Å². The van der Waals surface area contributed by atoms with Gasteiger partial charge in [-0.2, -0.15) is 0 Å². The number of thioether (sulfide) groups is 1. The third-order valence-electron chi connectivity index (χ3n) is 2.40. The van der Waals surface area contributed by atoms with Gasteiger partial charge in [-0.25, -0.2) is 0 Å². The molecular formula is C12H15N3O3S. The molecular weight excluding hydrogens is 266 g/mol. The van der Waals surface area contributed by atoms with Crippen molar-refractivity contribution >= 4 is 23.5 Å². The summed E-state index contributed by atoms with van der Waals surface area (Å²) < 4.78 is 9.97. The SMILES string of the molecule is Cc1cc(CS[C@@H](C)C(=O)Nc2cc(C)on2)on1. The van der Waals surface area contributed by atoms with Crippen LogP contribution in [0.2, 0.25) is 0 Å². The number of aromatic nitrogens is 2. The third kappa shape index (κ3) is 3.85. The van der Waals surface area contributed by atoms with Crippen molar-refractivity contribution in [3.8, 4) is 0 Å². The molecule has 0 aromatic carbocycles. The van der Waals surface area contributed by atoms with Gasteiger partial charge in [-0.05, 0) is 20.8 Å². The monoisotopic (exact) mass is 281 g/mol. The van der Waals surface area contributed by atoms with E-state index in [0.29, 0.717) is 17.3 Å². The number of aryl methyl sites for hydroxylation is 2. The molecule has 2 aromatic rings. The zero-order valence-electron chi connectivity index (χ0n) is 11.0. The van der Waals surface area contributed by atoms with Crippen molar-refractivity contribution in [2.24, 2.45) is 0 Å². The van der Waals surface area contributed by atoms with Gasteiger partial charge in [0.2, 0.25) is 5.91 Å². The van der Waals surface area contributed by atoms with Gasteiger partial charge in [0, 0.05) is 12.1 Å². The predicted octanol–water partition coefficient (Wildman–Crippen LogP) is 2.54. The molecule has 0 aliphatic heterocycles. The standard InChI is InChI=1S/C12H15N3O3S/c1-7-4-10(18-14-7)6-19-9(3)12(16)13-11-5-8(2)17-15-11/h4-5,9H,6H2,1-3H3,(H,13,15,16)/t9-/m0/s1. The van der Waals surface area contributed by atoms with Crippen LogP contribution in [0.15, 0.2) is 21.2 Å². The van der Waals surface area contributed by atoms with Crippen molar-refractivity contribution in [2.45, 2.75) is 31.8 Å². The Bertz CT molecular complexity index is 564. The molecule has 6 nitrogen and oxygen atoms in total. The van der Waals surface area contributed by atoms with Crippen molar-refractivity contribution in [1.29, 1.82) is 0 Å². The number of nitrogens with zero attached hydrogens (tertiary/aromatic N) is 2. The van der Waals surface area contributed by atoms with Crippen LogP contribution in [0.5, 0.6) is 0 Å². The van der Waals surface area contributed by atoms with Gasteiger partial charge in [0.25, 0.3) is 0 Å². The molecule has 0 unspecified atom stereocenters. The second-order valence-corrected chi connectivity index (χ2v) is 5.53. The van der Waals surface area contributed by atoms with Crippen LogP contribution in [-0.2, 0) is 10.5 Å². The zero-order chi connectivity index (χ0) is 13.8. The molecule has 1 atom stereocenters. The zero-order valence-corrected chi connectivity index (χ0v) is 11.8. The Morgan fingerprint density at radius 2 is 2.16 bits per heavy atom. The molecule has 0 bridgehead atoms. The summed E-state index contributed by atoms with van der Waals surface area (Å²) in [4.78, 5) is 11.9. The lowest BCUT2D eigenvalue weighted by atomic mass is 10.4. The van der Waals surface area contributed by atoms with E-state index in [4.69, 9.17) is 9.05 Å². The summed E-state index contributed by atoms with van der Waals surface area (Å²) in [7, 11) is 0. The number of amides is 1. The summed E-state index contributed by atoms with van der Waals surface area (Å²) in [5.41, 5.74) is 0.839. The first-order chi connectivity index (χ1) is 9.04. The highest BCUT2D eigenvalue weighted by molar-refractivity contribution is 7.99. The lowest BCUT2D eigenvalue weighted by molar-refractivity contribution is -0.115. The number of hydrogen-bond donors (Lipinski definition) is 1. The van der Waals surface area contributed by atoms with Gasteiger partial charge < -0.3 is 14.4 Å². The summed E-state index contributed by atoms with van der Waals surface area (Å²) in [6.45, 7) is 5.46. The van der Waals surface area contributed by atoms with Crippen LogP contribution in [0.4, 0.5) is 5.82 Å². The van der Waals surface area contributed by atoms with Gasteiger partial charge in [0.1, 0.15) is 11.5 Å². The summed E-state index contributed by atoms with van der Waals surface area (Å²) in [6, 6.07) is 3.54. The van der Waals surface area contributed by atoms with E-state index in [1.165, 1.54) is 11.8 Å². The van der Waals surface area contributed by atoms with Crippen molar-refractivity contribution < 1.29 is 13.8 Å². The highest BCUT2D eigenvalue weighted by Crippen LogP contribution is 2.19. The first-order valence-corrected chi connectivity index (χ1v) is 6.87. The minimum Gasteiger partial charge on any atom is -0.360 e. The smallest absolute Gasteiger partial charge is 0.238 e. The van der Waals surface area contributed by atoms with Gasteiger partial charge >= 0.3 is 0 Å². The van der Waals surface area contributed by atoms with Gasteiger partial charge in [-0.1, -0.05) is 10.3 Å². The van der Waals surface area contributed by atoms with Crippen LogP contribution in [-0.4, -0.2) is 21.5 Å². The first kappa shape index (κ1) is 13.7. The quantitative estimate of drug-likeness (QED) is 0.907. The average molecular weight is 281 g/mol.